The lowest BCUT2D eigenvalue weighted by Crippen LogP contribution is -2.42. The number of aliphatic hydroxyl groups excluding tert-OH is 2. The van der Waals surface area contributed by atoms with E-state index in [1.165, 1.54) is 0 Å². The maximum absolute atomic E-state index is 9.42. The first-order valence-electron chi connectivity index (χ1n) is 4.84. The summed E-state index contributed by atoms with van der Waals surface area (Å²) in [5, 5.41) is 27.5. The van der Waals surface area contributed by atoms with Crippen LogP contribution in [0.15, 0.2) is 0 Å². The molecule has 0 bridgehead atoms. The van der Waals surface area contributed by atoms with E-state index in [1.54, 1.807) is 27.7 Å². The standard InChI is InChI=1S/C10H22O4/c1-9(2,13)5-6-14-10(3,4)8(12)7-11/h8,11-13H,5-7H2,1-4H3. The number of rotatable bonds is 6. The number of ether oxygens (including phenoxy) is 1. The molecule has 0 aliphatic rings. The average molecular weight is 206 g/mol. The van der Waals surface area contributed by atoms with Crippen LogP contribution >= 0.6 is 0 Å². The predicted octanol–water partition coefficient (Wildman–Crippen LogP) is 0.296. The lowest BCUT2D eigenvalue weighted by molar-refractivity contribution is -0.124. The maximum Gasteiger partial charge on any atom is 0.105 e. The summed E-state index contributed by atoms with van der Waals surface area (Å²) in [6.45, 7) is 6.84. The smallest absolute Gasteiger partial charge is 0.105 e. The van der Waals surface area contributed by atoms with E-state index in [-0.39, 0.29) is 6.61 Å². The van der Waals surface area contributed by atoms with E-state index >= 15 is 0 Å². The third-order valence-corrected chi connectivity index (χ3v) is 2.16. The van der Waals surface area contributed by atoms with Crippen molar-refractivity contribution in [3.63, 3.8) is 0 Å². The summed E-state index contributed by atoms with van der Waals surface area (Å²) in [7, 11) is 0. The highest BCUT2D eigenvalue weighted by molar-refractivity contribution is 4.78. The van der Waals surface area contributed by atoms with Gasteiger partial charge in [0.25, 0.3) is 0 Å². The molecule has 4 nitrogen and oxygen atoms in total. The van der Waals surface area contributed by atoms with Crippen LogP contribution in [0.3, 0.4) is 0 Å². The van der Waals surface area contributed by atoms with Crippen LogP contribution < -0.4 is 0 Å². The summed E-state index contributed by atoms with van der Waals surface area (Å²) < 4.78 is 5.39. The fourth-order valence-corrected chi connectivity index (χ4v) is 0.880. The van der Waals surface area contributed by atoms with E-state index in [4.69, 9.17) is 9.84 Å². The van der Waals surface area contributed by atoms with Crippen LogP contribution in [-0.4, -0.2) is 45.8 Å². The average Bonchev–Trinajstić information content (AvgIpc) is 2.00. The van der Waals surface area contributed by atoms with Crippen molar-refractivity contribution in [1.82, 2.24) is 0 Å². The van der Waals surface area contributed by atoms with Crippen LogP contribution in [0, 0.1) is 0 Å². The van der Waals surface area contributed by atoms with Crippen molar-refractivity contribution in [1.29, 1.82) is 0 Å². The van der Waals surface area contributed by atoms with Gasteiger partial charge in [-0.05, 0) is 34.1 Å². The Balaban J connectivity index is 3.88. The molecule has 4 heteroatoms. The van der Waals surface area contributed by atoms with E-state index in [0.29, 0.717) is 13.0 Å². The molecule has 0 aromatic rings. The van der Waals surface area contributed by atoms with Crippen molar-refractivity contribution in [2.24, 2.45) is 0 Å². The van der Waals surface area contributed by atoms with E-state index in [9.17, 15) is 10.2 Å². The molecular weight excluding hydrogens is 184 g/mol. The zero-order valence-electron chi connectivity index (χ0n) is 9.45. The second kappa shape index (κ2) is 5.07. The molecule has 1 atom stereocenters. The van der Waals surface area contributed by atoms with Gasteiger partial charge >= 0.3 is 0 Å². The van der Waals surface area contributed by atoms with E-state index in [0.717, 1.165) is 0 Å². The highest BCUT2D eigenvalue weighted by Crippen LogP contribution is 2.17. The molecule has 3 N–H and O–H groups in total. The SMILES string of the molecule is CC(C)(O)CCOC(C)(C)C(O)CO. The molecule has 0 aliphatic heterocycles. The Morgan fingerprint density at radius 3 is 2.07 bits per heavy atom. The highest BCUT2D eigenvalue weighted by Gasteiger charge is 2.28. The lowest BCUT2D eigenvalue weighted by atomic mass is 10.0. The molecule has 0 aromatic heterocycles. The van der Waals surface area contributed by atoms with Crippen molar-refractivity contribution >= 4 is 0 Å². The fraction of sp³-hybridized carbons (Fsp3) is 1.00. The Morgan fingerprint density at radius 1 is 1.21 bits per heavy atom. The first kappa shape index (κ1) is 13.8. The van der Waals surface area contributed by atoms with Crippen molar-refractivity contribution in [2.75, 3.05) is 13.2 Å². The van der Waals surface area contributed by atoms with Crippen LogP contribution in [0.4, 0.5) is 0 Å². The number of hydrogen-bond donors (Lipinski definition) is 3. The van der Waals surface area contributed by atoms with Gasteiger partial charge in [0.15, 0.2) is 0 Å². The normalized spacial score (nSPS) is 15.6. The first-order valence-corrected chi connectivity index (χ1v) is 4.84. The van der Waals surface area contributed by atoms with Crippen LogP contribution in [0.5, 0.6) is 0 Å². The minimum Gasteiger partial charge on any atom is -0.394 e. The third kappa shape index (κ3) is 5.54. The zero-order valence-corrected chi connectivity index (χ0v) is 9.45. The van der Waals surface area contributed by atoms with Crippen LogP contribution in [0.2, 0.25) is 0 Å². The van der Waals surface area contributed by atoms with Crippen LogP contribution in [0.1, 0.15) is 34.1 Å². The van der Waals surface area contributed by atoms with Crippen molar-refractivity contribution in [3.8, 4) is 0 Å². The Labute approximate surface area is 85.5 Å². The molecule has 0 heterocycles. The van der Waals surface area contributed by atoms with Gasteiger partial charge in [-0.15, -0.1) is 0 Å². The molecule has 0 saturated carbocycles. The van der Waals surface area contributed by atoms with Crippen LogP contribution in [0.25, 0.3) is 0 Å². The molecular formula is C10H22O4. The molecule has 0 spiro atoms. The fourth-order valence-electron chi connectivity index (χ4n) is 0.880. The summed E-state index contributed by atoms with van der Waals surface area (Å²) in [5.74, 6) is 0. The molecule has 0 amide bonds. The Bertz CT molecular complexity index is 160. The van der Waals surface area contributed by atoms with Gasteiger partial charge < -0.3 is 20.1 Å². The first-order chi connectivity index (χ1) is 6.19. The topological polar surface area (TPSA) is 69.9 Å². The molecule has 1 unspecified atom stereocenters. The molecule has 0 fully saturated rings. The molecule has 86 valence electrons. The lowest BCUT2D eigenvalue weighted by Gasteiger charge is -2.30. The van der Waals surface area contributed by atoms with Gasteiger partial charge in [0.05, 0.1) is 24.4 Å². The second-order valence-corrected chi connectivity index (χ2v) is 4.71. The van der Waals surface area contributed by atoms with Gasteiger partial charge in [0, 0.05) is 0 Å². The third-order valence-electron chi connectivity index (χ3n) is 2.16. The predicted molar refractivity (Wildman–Crippen MR) is 54.0 cm³/mol. The van der Waals surface area contributed by atoms with E-state index < -0.39 is 17.3 Å². The van der Waals surface area contributed by atoms with Crippen LogP contribution in [-0.2, 0) is 4.74 Å². The molecule has 14 heavy (non-hydrogen) atoms. The zero-order chi connectivity index (χ0) is 11.4. The monoisotopic (exact) mass is 206 g/mol. The minimum absolute atomic E-state index is 0.324. The summed E-state index contributed by atoms with van der Waals surface area (Å²) in [6, 6.07) is 0. The number of aliphatic hydroxyl groups is 3. The van der Waals surface area contributed by atoms with Gasteiger partial charge in [0.1, 0.15) is 6.10 Å². The maximum atomic E-state index is 9.42. The number of hydrogen-bond acceptors (Lipinski definition) is 4. The van der Waals surface area contributed by atoms with E-state index in [1.807, 2.05) is 0 Å². The summed E-state index contributed by atoms with van der Waals surface area (Å²) >= 11 is 0. The van der Waals surface area contributed by atoms with Gasteiger partial charge in [-0.3, -0.25) is 0 Å². The molecule has 0 radical (unpaired) electrons. The Kier molecular flexibility index (Phi) is 5.01. The van der Waals surface area contributed by atoms with Crippen molar-refractivity contribution in [2.45, 2.75) is 51.4 Å². The Morgan fingerprint density at radius 2 is 1.71 bits per heavy atom. The van der Waals surface area contributed by atoms with Gasteiger partial charge in [-0.1, -0.05) is 0 Å². The second-order valence-electron chi connectivity index (χ2n) is 4.71. The summed E-state index contributed by atoms with van der Waals surface area (Å²) in [5.41, 5.74) is -1.54. The molecule has 0 aromatic carbocycles. The van der Waals surface area contributed by atoms with E-state index in [2.05, 4.69) is 0 Å². The Hall–Kier alpha value is -0.160. The summed E-state index contributed by atoms with van der Waals surface area (Å²) in [4.78, 5) is 0. The highest BCUT2D eigenvalue weighted by atomic mass is 16.5. The minimum atomic E-state index is -0.899. The van der Waals surface area contributed by atoms with Gasteiger partial charge in [0.2, 0.25) is 0 Å². The van der Waals surface area contributed by atoms with Gasteiger partial charge in [-0.25, -0.2) is 0 Å². The summed E-state index contributed by atoms with van der Waals surface area (Å²) in [6.07, 6.45) is -0.404. The molecule has 0 saturated heterocycles. The van der Waals surface area contributed by atoms with Crippen molar-refractivity contribution in [3.05, 3.63) is 0 Å². The van der Waals surface area contributed by atoms with Gasteiger partial charge in [-0.2, -0.15) is 0 Å². The molecule has 0 rings (SSSR count). The quantitative estimate of drug-likeness (QED) is 0.584. The van der Waals surface area contributed by atoms with Crippen molar-refractivity contribution < 1.29 is 20.1 Å². The largest absolute Gasteiger partial charge is 0.394 e. The molecule has 0 aliphatic carbocycles.